The third-order valence-corrected chi connectivity index (χ3v) is 3.54. The molecule has 0 saturated heterocycles. The van der Waals surface area contributed by atoms with Crippen molar-refractivity contribution in [1.82, 2.24) is 0 Å². The molecule has 2 rings (SSSR count). The van der Waals surface area contributed by atoms with Crippen molar-refractivity contribution >= 4 is 11.6 Å². The highest BCUT2D eigenvalue weighted by atomic mass is 35.5. The molecular weight excluding hydrogens is 215 g/mol. The van der Waals surface area contributed by atoms with Gasteiger partial charge in [0.2, 0.25) is 0 Å². The number of aliphatic hydroxyl groups is 1. The first kappa shape index (κ1) is 10.9. The molecule has 1 N–H and O–H groups in total. The van der Waals surface area contributed by atoms with Crippen molar-refractivity contribution in [2.24, 2.45) is 5.41 Å². The molecule has 1 fully saturated rings. The molecule has 1 nitrogen and oxygen atoms in total. The minimum atomic E-state index is -0.219. The Labute approximate surface area is 93.9 Å². The van der Waals surface area contributed by atoms with Gasteiger partial charge in [-0.05, 0) is 54.9 Å². The molecule has 0 aromatic heterocycles. The number of aliphatic hydroxyl groups excluding tert-OH is 1. The summed E-state index contributed by atoms with van der Waals surface area (Å²) in [5.74, 6) is -0.219. The van der Waals surface area contributed by atoms with E-state index in [0.717, 1.165) is 18.4 Å². The van der Waals surface area contributed by atoms with E-state index >= 15 is 0 Å². The van der Waals surface area contributed by atoms with E-state index in [0.29, 0.717) is 17.0 Å². The Bertz CT molecular complexity index is 385. The molecule has 0 unspecified atom stereocenters. The van der Waals surface area contributed by atoms with E-state index in [9.17, 15) is 9.50 Å². The summed E-state index contributed by atoms with van der Waals surface area (Å²) in [6, 6.07) is 3.15. The van der Waals surface area contributed by atoms with Crippen molar-refractivity contribution in [3.05, 3.63) is 34.1 Å². The van der Waals surface area contributed by atoms with Crippen molar-refractivity contribution in [1.29, 1.82) is 0 Å². The first-order valence-electron chi connectivity index (χ1n) is 5.12. The van der Waals surface area contributed by atoms with Crippen LogP contribution in [0.2, 0.25) is 5.02 Å². The maximum absolute atomic E-state index is 13.3. The Kier molecular flexibility index (Phi) is 2.73. The second-order valence-electron chi connectivity index (χ2n) is 4.53. The summed E-state index contributed by atoms with van der Waals surface area (Å²) < 4.78 is 13.3. The van der Waals surface area contributed by atoms with Gasteiger partial charge in [-0.25, -0.2) is 4.39 Å². The van der Waals surface area contributed by atoms with Crippen LogP contribution in [0.4, 0.5) is 4.39 Å². The molecule has 15 heavy (non-hydrogen) atoms. The van der Waals surface area contributed by atoms with Crippen LogP contribution >= 0.6 is 11.6 Å². The molecule has 1 aliphatic carbocycles. The lowest BCUT2D eigenvalue weighted by molar-refractivity contribution is 0.211. The van der Waals surface area contributed by atoms with E-state index in [1.165, 1.54) is 6.07 Å². The minimum absolute atomic E-state index is 0.0225. The average Bonchev–Trinajstić information content (AvgIpc) is 2.95. The van der Waals surface area contributed by atoms with Crippen LogP contribution in [0.25, 0.3) is 0 Å². The summed E-state index contributed by atoms with van der Waals surface area (Å²) in [5.41, 5.74) is 1.36. The van der Waals surface area contributed by atoms with Crippen molar-refractivity contribution in [2.45, 2.75) is 26.2 Å². The fraction of sp³-hybridized carbons (Fsp3) is 0.500. The van der Waals surface area contributed by atoms with Gasteiger partial charge in [-0.2, -0.15) is 0 Å². The summed E-state index contributed by atoms with van der Waals surface area (Å²) in [6.45, 7) is 1.86. The molecule has 0 atom stereocenters. The molecule has 1 saturated carbocycles. The largest absolute Gasteiger partial charge is 0.396 e. The number of hydrogen-bond acceptors (Lipinski definition) is 1. The molecule has 82 valence electrons. The van der Waals surface area contributed by atoms with Crippen LogP contribution in [-0.2, 0) is 6.42 Å². The lowest BCUT2D eigenvalue weighted by Crippen LogP contribution is -2.10. The summed E-state index contributed by atoms with van der Waals surface area (Å²) in [7, 11) is 0. The maximum atomic E-state index is 13.3. The highest BCUT2D eigenvalue weighted by molar-refractivity contribution is 6.31. The number of halogens is 2. The van der Waals surface area contributed by atoms with Crippen molar-refractivity contribution in [2.75, 3.05) is 6.61 Å². The highest BCUT2D eigenvalue weighted by Crippen LogP contribution is 2.48. The molecule has 0 spiro atoms. The monoisotopic (exact) mass is 228 g/mol. The van der Waals surface area contributed by atoms with Gasteiger partial charge in [0.15, 0.2) is 0 Å². The summed E-state index contributed by atoms with van der Waals surface area (Å²) in [5, 5.41) is 9.80. The first-order chi connectivity index (χ1) is 7.06. The van der Waals surface area contributed by atoms with E-state index in [4.69, 9.17) is 11.6 Å². The molecule has 0 aliphatic heterocycles. The molecule has 0 bridgehead atoms. The summed E-state index contributed by atoms with van der Waals surface area (Å²) in [4.78, 5) is 0. The van der Waals surface area contributed by atoms with E-state index < -0.39 is 0 Å². The average molecular weight is 229 g/mol. The minimum Gasteiger partial charge on any atom is -0.396 e. The predicted octanol–water partition coefficient (Wildman–Crippen LogP) is 3.10. The highest BCUT2D eigenvalue weighted by Gasteiger charge is 2.42. The normalized spacial score (nSPS) is 17.9. The third kappa shape index (κ3) is 2.16. The van der Waals surface area contributed by atoms with Gasteiger partial charge in [-0.1, -0.05) is 11.6 Å². The Balaban J connectivity index is 2.25. The van der Waals surface area contributed by atoms with Crippen LogP contribution in [0.5, 0.6) is 0 Å². The number of hydrogen-bond donors (Lipinski definition) is 1. The van der Waals surface area contributed by atoms with E-state index in [2.05, 4.69) is 0 Å². The van der Waals surface area contributed by atoms with Crippen LogP contribution in [0.1, 0.15) is 24.0 Å². The van der Waals surface area contributed by atoms with Crippen LogP contribution in [0.15, 0.2) is 12.1 Å². The molecule has 1 aromatic rings. The molecule has 0 heterocycles. The molecular formula is C12H14ClFO. The zero-order valence-electron chi connectivity index (χ0n) is 8.69. The van der Waals surface area contributed by atoms with Gasteiger partial charge in [0.1, 0.15) is 5.82 Å². The third-order valence-electron chi connectivity index (χ3n) is 3.19. The van der Waals surface area contributed by atoms with Gasteiger partial charge in [-0.3, -0.25) is 0 Å². The lowest BCUT2D eigenvalue weighted by Gasteiger charge is -2.13. The second kappa shape index (κ2) is 3.76. The Morgan fingerprint density at radius 1 is 1.47 bits per heavy atom. The van der Waals surface area contributed by atoms with Gasteiger partial charge in [0.25, 0.3) is 0 Å². The second-order valence-corrected chi connectivity index (χ2v) is 4.93. The van der Waals surface area contributed by atoms with Gasteiger partial charge in [-0.15, -0.1) is 0 Å². The molecule has 0 radical (unpaired) electrons. The quantitative estimate of drug-likeness (QED) is 0.843. The summed E-state index contributed by atoms with van der Waals surface area (Å²) in [6.07, 6.45) is 2.70. The van der Waals surface area contributed by atoms with Gasteiger partial charge in [0, 0.05) is 11.6 Å². The van der Waals surface area contributed by atoms with Crippen molar-refractivity contribution < 1.29 is 9.50 Å². The Morgan fingerprint density at radius 2 is 2.13 bits per heavy atom. The van der Waals surface area contributed by atoms with E-state index in [1.807, 2.05) is 0 Å². The maximum Gasteiger partial charge on any atom is 0.126 e. The van der Waals surface area contributed by atoms with Crippen molar-refractivity contribution in [3.63, 3.8) is 0 Å². The van der Waals surface area contributed by atoms with Gasteiger partial charge in [0.05, 0.1) is 0 Å². The first-order valence-corrected chi connectivity index (χ1v) is 5.49. The topological polar surface area (TPSA) is 20.2 Å². The summed E-state index contributed by atoms with van der Waals surface area (Å²) >= 11 is 6.04. The van der Waals surface area contributed by atoms with Crippen LogP contribution in [0.3, 0.4) is 0 Å². The molecule has 3 heteroatoms. The van der Waals surface area contributed by atoms with Gasteiger partial charge < -0.3 is 5.11 Å². The zero-order valence-corrected chi connectivity index (χ0v) is 9.44. The molecule has 1 aliphatic rings. The van der Waals surface area contributed by atoms with E-state index in [-0.39, 0.29) is 17.8 Å². The van der Waals surface area contributed by atoms with Crippen LogP contribution < -0.4 is 0 Å². The Hall–Kier alpha value is -0.600. The zero-order chi connectivity index (χ0) is 11.1. The standard InChI is InChI=1S/C12H14ClFO/c1-8-4-10(13)9(5-11(8)14)6-12(7-15)2-3-12/h4-5,15H,2-3,6-7H2,1H3. The molecule has 0 amide bonds. The number of aryl methyl sites for hydroxylation is 1. The van der Waals surface area contributed by atoms with Gasteiger partial charge >= 0.3 is 0 Å². The number of rotatable bonds is 3. The van der Waals surface area contributed by atoms with Crippen molar-refractivity contribution in [3.8, 4) is 0 Å². The predicted molar refractivity (Wildman–Crippen MR) is 58.6 cm³/mol. The fourth-order valence-corrected chi connectivity index (χ4v) is 2.08. The van der Waals surface area contributed by atoms with E-state index in [1.54, 1.807) is 13.0 Å². The Morgan fingerprint density at radius 3 is 2.67 bits per heavy atom. The smallest absolute Gasteiger partial charge is 0.126 e. The lowest BCUT2D eigenvalue weighted by atomic mass is 9.96. The molecule has 1 aromatic carbocycles. The fourth-order valence-electron chi connectivity index (χ4n) is 1.79. The van der Waals surface area contributed by atoms with Crippen LogP contribution in [0, 0.1) is 18.2 Å². The number of benzene rings is 1. The SMILES string of the molecule is Cc1cc(Cl)c(CC2(CO)CC2)cc1F. The van der Waals surface area contributed by atoms with Crippen LogP contribution in [-0.4, -0.2) is 11.7 Å².